The van der Waals surface area contributed by atoms with E-state index in [4.69, 9.17) is 9.84 Å². The van der Waals surface area contributed by atoms with Crippen LogP contribution in [-0.4, -0.2) is 17.5 Å². The number of ketones is 1. The van der Waals surface area contributed by atoms with Crippen LogP contribution in [0.3, 0.4) is 0 Å². The highest BCUT2D eigenvalue weighted by Crippen LogP contribution is 2.27. The van der Waals surface area contributed by atoms with Crippen LogP contribution in [0.4, 0.5) is 0 Å². The molecule has 1 N–H and O–H groups in total. The summed E-state index contributed by atoms with van der Waals surface area (Å²) in [7, 11) is 0. The fraction of sp³-hybridized carbons (Fsp3) is 0.316. The summed E-state index contributed by atoms with van der Waals surface area (Å²) in [5, 5.41) is 8.82. The minimum atomic E-state index is -0.475. The van der Waals surface area contributed by atoms with Gasteiger partial charge in [0.25, 0.3) is 0 Å². The van der Waals surface area contributed by atoms with Gasteiger partial charge in [-0.05, 0) is 60.7 Å². The smallest absolute Gasteiger partial charge is 0.188 e. The van der Waals surface area contributed by atoms with E-state index in [0.717, 1.165) is 18.6 Å². The Morgan fingerprint density at radius 2 is 1.45 bits per heavy atom. The predicted octanol–water partition coefficient (Wildman–Crippen LogP) is 4.56. The van der Waals surface area contributed by atoms with Crippen molar-refractivity contribution in [1.82, 2.24) is 0 Å². The molecule has 0 saturated heterocycles. The lowest BCUT2D eigenvalue weighted by Crippen LogP contribution is -2.03. The largest absolute Gasteiger partial charge is 0.457 e. The Hall–Kier alpha value is -2.13. The molecular formula is C19H22O3. The molecule has 116 valence electrons. The van der Waals surface area contributed by atoms with Crippen molar-refractivity contribution in [2.24, 2.45) is 0 Å². The number of aliphatic hydroxyl groups is 1. The second-order valence-electron chi connectivity index (χ2n) is 5.29. The lowest BCUT2D eigenvalue weighted by molar-refractivity contribution is 0.0903. The van der Waals surface area contributed by atoms with Gasteiger partial charge in [-0.15, -0.1) is 0 Å². The number of Topliss-reactive ketones (excluding diaryl/α,β-unsaturated/α-hetero) is 1. The summed E-state index contributed by atoms with van der Waals surface area (Å²) in [5.41, 5.74) is 1.82. The summed E-state index contributed by atoms with van der Waals surface area (Å²) in [4.78, 5) is 11.4. The summed E-state index contributed by atoms with van der Waals surface area (Å²) in [6.45, 7) is 3.93. The van der Waals surface area contributed by atoms with E-state index in [1.165, 1.54) is 5.56 Å². The van der Waals surface area contributed by atoms with Crippen LogP contribution < -0.4 is 4.74 Å². The third kappa shape index (κ3) is 3.95. The molecule has 0 aliphatic rings. The fourth-order valence-electron chi connectivity index (χ4n) is 2.50. The zero-order chi connectivity index (χ0) is 15.9. The van der Waals surface area contributed by atoms with Crippen LogP contribution in [0.1, 0.15) is 48.5 Å². The first-order valence-electron chi connectivity index (χ1n) is 7.69. The van der Waals surface area contributed by atoms with E-state index in [1.807, 2.05) is 12.1 Å². The van der Waals surface area contributed by atoms with Gasteiger partial charge in [0.2, 0.25) is 0 Å². The molecule has 2 aromatic carbocycles. The molecular weight excluding hydrogens is 276 g/mol. The normalized spacial score (nSPS) is 10.7. The van der Waals surface area contributed by atoms with Crippen molar-refractivity contribution in [3.05, 3.63) is 59.7 Å². The number of ether oxygens (including phenoxy) is 1. The van der Waals surface area contributed by atoms with Crippen LogP contribution in [-0.2, 0) is 0 Å². The average molecular weight is 298 g/mol. The SMILES string of the molecule is CCC(CC)c1ccc(Oc2ccc(C(=O)CO)cc2)cc1. The third-order valence-corrected chi connectivity index (χ3v) is 3.89. The van der Waals surface area contributed by atoms with Gasteiger partial charge in [-0.1, -0.05) is 26.0 Å². The molecule has 2 aromatic rings. The lowest BCUT2D eigenvalue weighted by atomic mass is 9.94. The molecule has 22 heavy (non-hydrogen) atoms. The Morgan fingerprint density at radius 1 is 0.955 bits per heavy atom. The highest BCUT2D eigenvalue weighted by atomic mass is 16.5. The van der Waals surface area contributed by atoms with Crippen molar-refractivity contribution in [3.63, 3.8) is 0 Å². The van der Waals surface area contributed by atoms with Crippen molar-refractivity contribution < 1.29 is 14.6 Å². The van der Waals surface area contributed by atoms with Crippen LogP contribution in [0.5, 0.6) is 11.5 Å². The van der Waals surface area contributed by atoms with Crippen LogP contribution in [0.25, 0.3) is 0 Å². The maximum Gasteiger partial charge on any atom is 0.188 e. The van der Waals surface area contributed by atoms with Gasteiger partial charge in [-0.3, -0.25) is 4.79 Å². The number of carbonyl (C=O) groups excluding carboxylic acids is 1. The summed E-state index contributed by atoms with van der Waals surface area (Å²) in [6.07, 6.45) is 2.27. The van der Waals surface area contributed by atoms with Gasteiger partial charge in [0.1, 0.15) is 18.1 Å². The molecule has 0 spiro atoms. The van der Waals surface area contributed by atoms with Gasteiger partial charge in [-0.2, -0.15) is 0 Å². The molecule has 0 aliphatic carbocycles. The zero-order valence-electron chi connectivity index (χ0n) is 13.1. The van der Waals surface area contributed by atoms with Crippen molar-refractivity contribution in [1.29, 1.82) is 0 Å². The number of carbonyl (C=O) groups is 1. The predicted molar refractivity (Wildman–Crippen MR) is 87.7 cm³/mol. The van der Waals surface area contributed by atoms with Gasteiger partial charge in [-0.25, -0.2) is 0 Å². The van der Waals surface area contributed by atoms with Crippen LogP contribution in [0, 0.1) is 0 Å². The minimum absolute atomic E-state index is 0.291. The van der Waals surface area contributed by atoms with Crippen molar-refractivity contribution in [2.75, 3.05) is 6.61 Å². The Labute approximate surface area is 131 Å². The molecule has 0 aliphatic heterocycles. The average Bonchev–Trinajstić information content (AvgIpc) is 2.57. The van der Waals surface area contributed by atoms with E-state index < -0.39 is 6.61 Å². The van der Waals surface area contributed by atoms with Crippen molar-refractivity contribution >= 4 is 5.78 Å². The van der Waals surface area contributed by atoms with Gasteiger partial charge in [0.15, 0.2) is 5.78 Å². The summed E-state index contributed by atoms with van der Waals surface area (Å²) >= 11 is 0. The topological polar surface area (TPSA) is 46.5 Å². The Balaban J connectivity index is 2.06. The second-order valence-corrected chi connectivity index (χ2v) is 5.29. The maximum atomic E-state index is 11.4. The van der Waals surface area contributed by atoms with Gasteiger partial charge in [0.05, 0.1) is 0 Å². The third-order valence-electron chi connectivity index (χ3n) is 3.89. The second kappa shape index (κ2) is 7.76. The van der Waals surface area contributed by atoms with Crippen molar-refractivity contribution in [2.45, 2.75) is 32.6 Å². The summed E-state index contributed by atoms with van der Waals surface area (Å²) < 4.78 is 5.77. The Bertz CT molecular complexity index is 596. The molecule has 0 fully saturated rings. The molecule has 3 nitrogen and oxygen atoms in total. The molecule has 3 heteroatoms. The fourth-order valence-corrected chi connectivity index (χ4v) is 2.50. The minimum Gasteiger partial charge on any atom is -0.457 e. The van der Waals surface area contributed by atoms with Crippen LogP contribution >= 0.6 is 0 Å². The Morgan fingerprint density at radius 3 is 1.91 bits per heavy atom. The number of rotatable bonds is 7. The number of benzene rings is 2. The first-order valence-corrected chi connectivity index (χ1v) is 7.69. The molecule has 0 saturated carbocycles. The van der Waals surface area contributed by atoms with E-state index in [0.29, 0.717) is 17.2 Å². The van der Waals surface area contributed by atoms with E-state index in [2.05, 4.69) is 26.0 Å². The standard InChI is InChI=1S/C19H22O3/c1-3-14(4-2)15-5-9-17(10-6-15)22-18-11-7-16(8-12-18)19(21)13-20/h5-12,14,20H,3-4,13H2,1-2H3. The van der Waals surface area contributed by atoms with Crippen molar-refractivity contribution in [3.8, 4) is 11.5 Å². The number of hydrogen-bond donors (Lipinski definition) is 1. The Kier molecular flexibility index (Phi) is 5.73. The monoisotopic (exact) mass is 298 g/mol. The summed E-state index contributed by atoms with van der Waals surface area (Å²) in [5.74, 6) is 1.75. The van der Waals surface area contributed by atoms with Gasteiger partial charge < -0.3 is 9.84 Å². The molecule has 0 bridgehead atoms. The first-order chi connectivity index (χ1) is 10.7. The van der Waals surface area contributed by atoms with E-state index in [1.54, 1.807) is 24.3 Å². The quantitative estimate of drug-likeness (QED) is 0.762. The highest BCUT2D eigenvalue weighted by molar-refractivity contribution is 5.96. The zero-order valence-corrected chi connectivity index (χ0v) is 13.1. The molecule has 0 radical (unpaired) electrons. The van der Waals surface area contributed by atoms with Crippen LogP contribution in [0.15, 0.2) is 48.5 Å². The molecule has 0 atom stereocenters. The van der Waals surface area contributed by atoms with Crippen LogP contribution in [0.2, 0.25) is 0 Å². The number of hydrogen-bond acceptors (Lipinski definition) is 3. The summed E-state index contributed by atoms with van der Waals surface area (Å²) in [6, 6.07) is 14.9. The molecule has 2 rings (SSSR count). The molecule has 0 aromatic heterocycles. The van der Waals surface area contributed by atoms with E-state index in [-0.39, 0.29) is 5.78 Å². The number of aliphatic hydroxyl groups excluding tert-OH is 1. The maximum absolute atomic E-state index is 11.4. The first kappa shape index (κ1) is 16.2. The van der Waals surface area contributed by atoms with E-state index >= 15 is 0 Å². The highest BCUT2D eigenvalue weighted by Gasteiger charge is 2.07. The molecule has 0 heterocycles. The van der Waals surface area contributed by atoms with Gasteiger partial charge >= 0.3 is 0 Å². The molecule has 0 unspecified atom stereocenters. The van der Waals surface area contributed by atoms with Gasteiger partial charge in [0, 0.05) is 5.56 Å². The molecule has 0 amide bonds. The van der Waals surface area contributed by atoms with E-state index in [9.17, 15) is 4.79 Å². The lowest BCUT2D eigenvalue weighted by Gasteiger charge is -2.13.